The van der Waals surface area contributed by atoms with Crippen LogP contribution in [0, 0.1) is 11.8 Å². The van der Waals surface area contributed by atoms with Gasteiger partial charge in [-0.15, -0.1) is 0 Å². The van der Waals surface area contributed by atoms with Gasteiger partial charge in [0.2, 0.25) is 5.91 Å². The maximum absolute atomic E-state index is 11.8. The molecule has 1 aliphatic heterocycles. The predicted molar refractivity (Wildman–Crippen MR) is 72.9 cm³/mol. The smallest absolute Gasteiger partial charge is 0.225 e. The monoisotopic (exact) mass is 239 g/mol. The highest BCUT2D eigenvalue weighted by Crippen LogP contribution is 2.23. The van der Waals surface area contributed by atoms with Crippen molar-refractivity contribution in [2.24, 2.45) is 11.8 Å². The van der Waals surface area contributed by atoms with E-state index in [9.17, 15) is 4.79 Å². The number of likely N-dealkylation sites (tertiary alicyclic amines) is 1. The fourth-order valence-electron chi connectivity index (χ4n) is 2.67. The summed E-state index contributed by atoms with van der Waals surface area (Å²) in [6, 6.07) is 0. The van der Waals surface area contributed by atoms with Crippen molar-refractivity contribution in [3.63, 3.8) is 0 Å². The van der Waals surface area contributed by atoms with Crippen LogP contribution < -0.4 is 0 Å². The molecule has 0 spiro atoms. The molecule has 17 heavy (non-hydrogen) atoms. The van der Waals surface area contributed by atoms with Crippen molar-refractivity contribution < 1.29 is 4.79 Å². The minimum Gasteiger partial charge on any atom is -0.342 e. The van der Waals surface area contributed by atoms with Crippen molar-refractivity contribution in [2.75, 3.05) is 13.1 Å². The van der Waals surface area contributed by atoms with Gasteiger partial charge in [0.1, 0.15) is 0 Å². The van der Waals surface area contributed by atoms with Crippen molar-refractivity contribution in [3.8, 4) is 0 Å². The summed E-state index contributed by atoms with van der Waals surface area (Å²) in [4.78, 5) is 13.9. The summed E-state index contributed by atoms with van der Waals surface area (Å²) in [7, 11) is 0. The molecule has 1 fully saturated rings. The minimum absolute atomic E-state index is 0.163. The Morgan fingerprint density at radius 3 is 2.35 bits per heavy atom. The number of unbranched alkanes of at least 4 members (excludes halogenated alkanes) is 3. The number of rotatable bonds is 6. The molecule has 1 saturated heterocycles. The number of hydrogen-bond donors (Lipinski definition) is 0. The Bertz CT molecular complexity index is 217. The molecule has 1 rings (SSSR count). The number of hydrogen-bond acceptors (Lipinski definition) is 1. The van der Waals surface area contributed by atoms with Crippen LogP contribution in [0.3, 0.4) is 0 Å². The summed E-state index contributed by atoms with van der Waals surface area (Å²) in [5.74, 6) is 1.38. The first-order valence-electron chi connectivity index (χ1n) is 7.44. The molecule has 0 bridgehead atoms. The van der Waals surface area contributed by atoms with Crippen LogP contribution in [-0.4, -0.2) is 23.9 Å². The van der Waals surface area contributed by atoms with E-state index < -0.39 is 0 Å². The minimum atomic E-state index is 0.163. The van der Waals surface area contributed by atoms with Gasteiger partial charge in [0.25, 0.3) is 0 Å². The molecule has 0 N–H and O–H groups in total. The highest BCUT2D eigenvalue weighted by Gasteiger charge is 2.23. The topological polar surface area (TPSA) is 20.3 Å². The molecule has 1 amide bonds. The molecule has 0 aliphatic carbocycles. The summed E-state index contributed by atoms with van der Waals surface area (Å²) in [6.07, 6.45) is 9.31. The van der Waals surface area contributed by atoms with Crippen LogP contribution in [0.2, 0.25) is 0 Å². The van der Waals surface area contributed by atoms with E-state index in [1.807, 2.05) is 13.8 Å². The molecule has 0 radical (unpaired) electrons. The summed E-state index contributed by atoms with van der Waals surface area (Å²) >= 11 is 0. The molecule has 0 aromatic heterocycles. The SMILES string of the molecule is CCCCCCC1CCN(C(=O)C(C)C)CC1. The second-order valence-corrected chi connectivity index (χ2v) is 5.77. The molecular formula is C15H29NO. The highest BCUT2D eigenvalue weighted by atomic mass is 16.2. The Hall–Kier alpha value is -0.530. The van der Waals surface area contributed by atoms with Crippen LogP contribution >= 0.6 is 0 Å². The normalized spacial score (nSPS) is 17.8. The summed E-state index contributed by atoms with van der Waals surface area (Å²) in [6.45, 7) is 8.25. The molecule has 2 nitrogen and oxygen atoms in total. The fraction of sp³-hybridized carbons (Fsp3) is 0.933. The van der Waals surface area contributed by atoms with Crippen LogP contribution in [0.1, 0.15) is 65.7 Å². The third-order valence-corrected chi connectivity index (χ3v) is 3.89. The zero-order chi connectivity index (χ0) is 12.7. The molecule has 0 unspecified atom stereocenters. The van der Waals surface area contributed by atoms with Crippen LogP contribution in [-0.2, 0) is 4.79 Å². The molecule has 0 aromatic carbocycles. The molecule has 0 aromatic rings. The van der Waals surface area contributed by atoms with Gasteiger partial charge in [0.15, 0.2) is 0 Å². The number of amides is 1. The lowest BCUT2D eigenvalue weighted by atomic mass is 9.90. The Morgan fingerprint density at radius 1 is 1.18 bits per heavy atom. The first-order chi connectivity index (χ1) is 8.15. The van der Waals surface area contributed by atoms with E-state index in [2.05, 4.69) is 11.8 Å². The van der Waals surface area contributed by atoms with Gasteiger partial charge in [-0.05, 0) is 18.8 Å². The van der Waals surface area contributed by atoms with Crippen LogP contribution in [0.5, 0.6) is 0 Å². The molecule has 1 aliphatic rings. The van der Waals surface area contributed by atoms with Crippen molar-refractivity contribution in [1.29, 1.82) is 0 Å². The highest BCUT2D eigenvalue weighted by molar-refractivity contribution is 5.78. The molecule has 1 heterocycles. The van der Waals surface area contributed by atoms with E-state index in [-0.39, 0.29) is 5.92 Å². The third-order valence-electron chi connectivity index (χ3n) is 3.89. The number of carbonyl (C=O) groups excluding carboxylic acids is 1. The maximum Gasteiger partial charge on any atom is 0.225 e. The van der Waals surface area contributed by atoms with Gasteiger partial charge in [0.05, 0.1) is 0 Å². The first kappa shape index (κ1) is 14.5. The summed E-state index contributed by atoms with van der Waals surface area (Å²) < 4.78 is 0. The molecular weight excluding hydrogens is 210 g/mol. The maximum atomic E-state index is 11.8. The average Bonchev–Trinajstić information content (AvgIpc) is 2.34. The van der Waals surface area contributed by atoms with Crippen molar-refractivity contribution in [1.82, 2.24) is 4.90 Å². The fourth-order valence-corrected chi connectivity index (χ4v) is 2.67. The molecule has 2 heteroatoms. The predicted octanol–water partition coefficient (Wildman–Crippen LogP) is 3.85. The lowest BCUT2D eigenvalue weighted by Gasteiger charge is -2.33. The zero-order valence-electron chi connectivity index (χ0n) is 11.9. The van der Waals surface area contributed by atoms with Gasteiger partial charge < -0.3 is 4.90 Å². The van der Waals surface area contributed by atoms with Crippen LogP contribution in [0.15, 0.2) is 0 Å². The van der Waals surface area contributed by atoms with E-state index in [4.69, 9.17) is 0 Å². The standard InChI is InChI=1S/C15H29NO/c1-4-5-6-7-8-14-9-11-16(12-10-14)15(17)13(2)3/h13-14H,4-12H2,1-3H3. The largest absolute Gasteiger partial charge is 0.342 e. The van der Waals surface area contributed by atoms with Gasteiger partial charge in [0, 0.05) is 19.0 Å². The van der Waals surface area contributed by atoms with E-state index in [1.165, 1.54) is 44.9 Å². The number of carbonyl (C=O) groups is 1. The molecule has 100 valence electrons. The quantitative estimate of drug-likeness (QED) is 0.645. The Balaban J connectivity index is 2.15. The number of piperidine rings is 1. The van der Waals surface area contributed by atoms with E-state index >= 15 is 0 Å². The second-order valence-electron chi connectivity index (χ2n) is 5.77. The van der Waals surface area contributed by atoms with Gasteiger partial charge in [-0.25, -0.2) is 0 Å². The summed E-state index contributed by atoms with van der Waals surface area (Å²) in [5.41, 5.74) is 0. The lowest BCUT2D eigenvalue weighted by Crippen LogP contribution is -2.40. The van der Waals surface area contributed by atoms with Crippen molar-refractivity contribution in [3.05, 3.63) is 0 Å². The van der Waals surface area contributed by atoms with Crippen LogP contribution in [0.4, 0.5) is 0 Å². The summed E-state index contributed by atoms with van der Waals surface area (Å²) in [5, 5.41) is 0. The van der Waals surface area contributed by atoms with Crippen molar-refractivity contribution in [2.45, 2.75) is 65.7 Å². The first-order valence-corrected chi connectivity index (χ1v) is 7.44. The zero-order valence-corrected chi connectivity index (χ0v) is 11.9. The van der Waals surface area contributed by atoms with Crippen LogP contribution in [0.25, 0.3) is 0 Å². The Labute approximate surface area is 107 Å². The van der Waals surface area contributed by atoms with Crippen molar-refractivity contribution >= 4 is 5.91 Å². The van der Waals surface area contributed by atoms with Gasteiger partial charge in [-0.2, -0.15) is 0 Å². The molecule has 0 atom stereocenters. The van der Waals surface area contributed by atoms with Gasteiger partial charge >= 0.3 is 0 Å². The van der Waals surface area contributed by atoms with E-state index in [0.29, 0.717) is 5.91 Å². The second kappa shape index (κ2) is 7.73. The van der Waals surface area contributed by atoms with Gasteiger partial charge in [-0.1, -0.05) is 52.9 Å². The average molecular weight is 239 g/mol. The van der Waals surface area contributed by atoms with Gasteiger partial charge in [-0.3, -0.25) is 4.79 Å². The Kier molecular flexibility index (Phi) is 6.61. The van der Waals surface area contributed by atoms with E-state index in [0.717, 1.165) is 19.0 Å². The lowest BCUT2D eigenvalue weighted by molar-refractivity contribution is -0.135. The molecule has 0 saturated carbocycles. The third kappa shape index (κ3) is 5.10. The number of nitrogens with zero attached hydrogens (tertiary/aromatic N) is 1. The van der Waals surface area contributed by atoms with E-state index in [1.54, 1.807) is 0 Å². The Morgan fingerprint density at radius 2 is 1.82 bits per heavy atom.